The van der Waals surface area contributed by atoms with Gasteiger partial charge in [0.1, 0.15) is 6.54 Å². The van der Waals surface area contributed by atoms with Gasteiger partial charge in [-0.25, -0.2) is 9.48 Å². The Balaban J connectivity index is 2.23. The zero-order valence-electron chi connectivity index (χ0n) is 10.4. The van der Waals surface area contributed by atoms with Gasteiger partial charge in [0.25, 0.3) is 5.56 Å². The van der Waals surface area contributed by atoms with Crippen molar-refractivity contribution >= 4 is 11.7 Å². The number of anilines is 1. The number of rotatable bonds is 4. The summed E-state index contributed by atoms with van der Waals surface area (Å²) in [6.45, 7) is 0.0345. The smallest absolute Gasteiger partial charge is 0.358 e. The van der Waals surface area contributed by atoms with Crippen molar-refractivity contribution in [1.29, 1.82) is 0 Å². The van der Waals surface area contributed by atoms with Crippen molar-refractivity contribution in [3.63, 3.8) is 0 Å². The van der Waals surface area contributed by atoms with Crippen LogP contribution in [-0.2, 0) is 6.54 Å². The maximum atomic E-state index is 11.8. The Morgan fingerprint density at radius 1 is 1.47 bits per heavy atom. The minimum Gasteiger partial charge on any atom is -0.476 e. The van der Waals surface area contributed by atoms with E-state index in [9.17, 15) is 9.59 Å². The Kier molecular flexibility index (Phi) is 3.32. The Morgan fingerprint density at radius 3 is 2.74 bits per heavy atom. The van der Waals surface area contributed by atoms with Crippen LogP contribution in [0.1, 0.15) is 16.2 Å². The molecule has 0 aliphatic rings. The highest BCUT2D eigenvalue weighted by Gasteiger charge is 2.12. The molecule has 2 aromatic heterocycles. The highest BCUT2D eigenvalue weighted by Crippen LogP contribution is 2.06. The standard InChI is InChI=1S/C11H12N4O4/c1-14(2)7-3-10(16)15(12-5-7)6-8-4-9(11(17)18)13-19-8/h3-5H,6H2,1-2H3,(H,17,18). The number of hydrogen-bond donors (Lipinski definition) is 1. The molecular formula is C11H12N4O4. The van der Waals surface area contributed by atoms with Crippen molar-refractivity contribution < 1.29 is 14.4 Å². The molecule has 0 saturated carbocycles. The van der Waals surface area contributed by atoms with Crippen LogP contribution in [0.25, 0.3) is 0 Å². The van der Waals surface area contributed by atoms with Crippen LogP contribution in [0, 0.1) is 0 Å². The summed E-state index contributed by atoms with van der Waals surface area (Å²) in [5.74, 6) is -0.928. The van der Waals surface area contributed by atoms with Gasteiger partial charge in [0, 0.05) is 26.2 Å². The first-order chi connectivity index (χ1) is 8.97. The van der Waals surface area contributed by atoms with Crippen molar-refractivity contribution in [2.45, 2.75) is 6.54 Å². The highest BCUT2D eigenvalue weighted by molar-refractivity contribution is 5.85. The molecule has 0 aromatic carbocycles. The Labute approximate surface area is 107 Å². The average molecular weight is 264 g/mol. The molecule has 0 radical (unpaired) electrons. The number of carboxylic acids is 1. The molecule has 2 rings (SSSR count). The first-order valence-corrected chi connectivity index (χ1v) is 5.41. The topological polar surface area (TPSA) is 101 Å². The van der Waals surface area contributed by atoms with Crippen LogP contribution >= 0.6 is 0 Å². The number of aromatic carboxylic acids is 1. The Bertz CT molecular complexity index is 659. The minimum absolute atomic E-state index is 0.0345. The van der Waals surface area contributed by atoms with Crippen LogP contribution in [0.15, 0.2) is 27.6 Å². The summed E-state index contributed by atoms with van der Waals surface area (Å²) in [5.41, 5.74) is 0.178. The third-order valence-electron chi connectivity index (χ3n) is 2.46. The van der Waals surface area contributed by atoms with E-state index in [-0.39, 0.29) is 23.6 Å². The largest absolute Gasteiger partial charge is 0.476 e. The van der Waals surface area contributed by atoms with E-state index in [2.05, 4.69) is 10.3 Å². The van der Waals surface area contributed by atoms with Gasteiger partial charge >= 0.3 is 5.97 Å². The first-order valence-electron chi connectivity index (χ1n) is 5.41. The van der Waals surface area contributed by atoms with Gasteiger partial charge in [0.05, 0.1) is 11.9 Å². The van der Waals surface area contributed by atoms with Crippen LogP contribution in [0.2, 0.25) is 0 Å². The van der Waals surface area contributed by atoms with E-state index >= 15 is 0 Å². The summed E-state index contributed by atoms with van der Waals surface area (Å²) in [7, 11) is 3.60. The van der Waals surface area contributed by atoms with Crippen molar-refractivity contribution in [2.24, 2.45) is 0 Å². The molecule has 2 aromatic rings. The molecule has 0 spiro atoms. The van der Waals surface area contributed by atoms with Crippen LogP contribution in [0.5, 0.6) is 0 Å². The second kappa shape index (κ2) is 4.92. The molecule has 0 aliphatic carbocycles. The van der Waals surface area contributed by atoms with Gasteiger partial charge < -0.3 is 14.5 Å². The van der Waals surface area contributed by atoms with Crippen molar-refractivity contribution in [2.75, 3.05) is 19.0 Å². The molecule has 100 valence electrons. The highest BCUT2D eigenvalue weighted by atomic mass is 16.5. The third-order valence-corrected chi connectivity index (χ3v) is 2.46. The van der Waals surface area contributed by atoms with Crippen LogP contribution < -0.4 is 10.5 Å². The lowest BCUT2D eigenvalue weighted by Crippen LogP contribution is -2.24. The van der Waals surface area contributed by atoms with Gasteiger partial charge in [-0.1, -0.05) is 5.16 Å². The van der Waals surface area contributed by atoms with Crippen molar-refractivity contribution in [3.8, 4) is 0 Å². The third kappa shape index (κ3) is 2.79. The van der Waals surface area contributed by atoms with Crippen molar-refractivity contribution in [3.05, 3.63) is 40.1 Å². The van der Waals surface area contributed by atoms with Crippen LogP contribution in [0.4, 0.5) is 5.69 Å². The van der Waals surface area contributed by atoms with Gasteiger partial charge in [0.15, 0.2) is 11.5 Å². The van der Waals surface area contributed by atoms with Crippen LogP contribution in [-0.4, -0.2) is 40.1 Å². The average Bonchev–Trinajstić information content (AvgIpc) is 2.80. The predicted molar refractivity (Wildman–Crippen MR) is 65.4 cm³/mol. The molecule has 0 saturated heterocycles. The minimum atomic E-state index is -1.18. The summed E-state index contributed by atoms with van der Waals surface area (Å²) < 4.78 is 5.99. The van der Waals surface area contributed by atoms with Crippen molar-refractivity contribution in [1.82, 2.24) is 14.9 Å². The fourth-order valence-corrected chi connectivity index (χ4v) is 1.42. The number of aromatic nitrogens is 3. The fourth-order valence-electron chi connectivity index (χ4n) is 1.42. The van der Waals surface area contributed by atoms with E-state index < -0.39 is 5.97 Å². The normalized spacial score (nSPS) is 10.4. The summed E-state index contributed by atoms with van der Waals surface area (Å²) in [5, 5.41) is 16.0. The van der Waals surface area contributed by atoms with Gasteiger partial charge in [0.2, 0.25) is 0 Å². The zero-order chi connectivity index (χ0) is 14.0. The second-order valence-corrected chi connectivity index (χ2v) is 4.09. The molecule has 19 heavy (non-hydrogen) atoms. The van der Waals surface area contributed by atoms with Gasteiger partial charge in [-0.15, -0.1) is 0 Å². The maximum absolute atomic E-state index is 11.8. The predicted octanol–water partition coefficient (Wildman–Crippen LogP) is 0.0438. The molecule has 1 N–H and O–H groups in total. The van der Waals surface area contributed by atoms with E-state index in [1.54, 1.807) is 19.0 Å². The molecule has 2 heterocycles. The molecule has 0 amide bonds. The monoisotopic (exact) mass is 264 g/mol. The fraction of sp³-hybridized carbons (Fsp3) is 0.273. The van der Waals surface area contributed by atoms with Gasteiger partial charge in [-0.05, 0) is 0 Å². The quantitative estimate of drug-likeness (QED) is 0.832. The number of nitrogens with zero attached hydrogens (tertiary/aromatic N) is 4. The number of carbonyl (C=O) groups is 1. The molecule has 8 heteroatoms. The number of hydrogen-bond acceptors (Lipinski definition) is 6. The molecule has 0 fully saturated rings. The lowest BCUT2D eigenvalue weighted by molar-refractivity contribution is 0.0685. The number of carboxylic acid groups (broad SMARTS) is 1. The van der Waals surface area contributed by atoms with E-state index in [1.807, 2.05) is 0 Å². The molecule has 0 bridgehead atoms. The summed E-state index contributed by atoms with van der Waals surface area (Å²) in [6.07, 6.45) is 1.54. The van der Waals surface area contributed by atoms with Gasteiger partial charge in [-0.3, -0.25) is 4.79 Å². The maximum Gasteiger partial charge on any atom is 0.358 e. The lowest BCUT2D eigenvalue weighted by atomic mass is 10.3. The molecule has 0 unspecified atom stereocenters. The summed E-state index contributed by atoms with van der Waals surface area (Å²) in [4.78, 5) is 24.2. The Hall–Kier alpha value is -2.64. The molecule has 8 nitrogen and oxygen atoms in total. The SMILES string of the molecule is CN(C)c1cnn(Cc2cc(C(=O)O)no2)c(=O)c1. The Morgan fingerprint density at radius 2 is 2.21 bits per heavy atom. The van der Waals surface area contributed by atoms with E-state index in [0.717, 1.165) is 0 Å². The summed E-state index contributed by atoms with van der Waals surface area (Å²) >= 11 is 0. The van der Waals surface area contributed by atoms with Crippen LogP contribution in [0.3, 0.4) is 0 Å². The van der Waals surface area contributed by atoms with E-state index in [0.29, 0.717) is 5.69 Å². The zero-order valence-corrected chi connectivity index (χ0v) is 10.4. The van der Waals surface area contributed by atoms with Gasteiger partial charge in [-0.2, -0.15) is 5.10 Å². The first kappa shape index (κ1) is 12.8. The molecular weight excluding hydrogens is 252 g/mol. The lowest BCUT2D eigenvalue weighted by Gasteiger charge is -2.11. The molecule has 0 atom stereocenters. The summed E-state index contributed by atoms with van der Waals surface area (Å²) in [6, 6.07) is 2.69. The second-order valence-electron chi connectivity index (χ2n) is 4.09. The molecule has 0 aliphatic heterocycles. The van der Waals surface area contributed by atoms with E-state index in [4.69, 9.17) is 9.63 Å². The van der Waals surface area contributed by atoms with E-state index in [1.165, 1.54) is 23.0 Å².